The molecule has 3 rings (SSSR count). The summed E-state index contributed by atoms with van der Waals surface area (Å²) in [5.74, 6) is 0.578. The molecule has 2 aromatic rings. The maximum Gasteiger partial charge on any atom is 0.273 e. The van der Waals surface area contributed by atoms with E-state index in [1.54, 1.807) is 10.9 Å². The average Bonchev–Trinajstić information content (AvgIpc) is 3.19. The molecule has 6 heteroatoms. The summed E-state index contributed by atoms with van der Waals surface area (Å²) < 4.78 is 1.68. The van der Waals surface area contributed by atoms with Gasteiger partial charge in [0.05, 0.1) is 12.7 Å². The van der Waals surface area contributed by atoms with Gasteiger partial charge in [-0.05, 0) is 56.8 Å². The first kappa shape index (κ1) is 20.3. The molecule has 0 bridgehead atoms. The van der Waals surface area contributed by atoms with E-state index in [0.717, 1.165) is 12.0 Å². The minimum atomic E-state index is -0.137. The number of rotatable bonds is 9. The van der Waals surface area contributed by atoms with E-state index in [2.05, 4.69) is 27.5 Å². The topological polar surface area (TPSA) is 63.1 Å². The van der Waals surface area contributed by atoms with Crippen LogP contribution >= 0.6 is 0 Å². The van der Waals surface area contributed by atoms with Crippen LogP contribution in [-0.2, 0) is 6.54 Å². The first-order chi connectivity index (χ1) is 13.7. The molecule has 1 amide bonds. The zero-order valence-electron chi connectivity index (χ0n) is 16.8. The third-order valence-corrected chi connectivity index (χ3v) is 5.26. The number of hydrogen-bond donors (Lipinski definition) is 1. The smallest absolute Gasteiger partial charge is 0.273 e. The van der Waals surface area contributed by atoms with Crippen LogP contribution in [0.2, 0.25) is 0 Å². The highest BCUT2D eigenvalue weighted by Gasteiger charge is 2.18. The Bertz CT molecular complexity index is 747. The Hall–Kier alpha value is -2.47. The highest BCUT2D eigenvalue weighted by atomic mass is 16.2. The SMILES string of the molecule is CCCN1CCC(CCNC(=O)c2cn(CC=Cc3ccccc3)nn2)CC1. The molecule has 1 aliphatic heterocycles. The van der Waals surface area contributed by atoms with Gasteiger partial charge in [-0.2, -0.15) is 0 Å². The monoisotopic (exact) mass is 381 g/mol. The molecule has 1 fully saturated rings. The van der Waals surface area contributed by atoms with Crippen molar-refractivity contribution in [1.29, 1.82) is 0 Å². The van der Waals surface area contributed by atoms with Crippen molar-refractivity contribution in [2.75, 3.05) is 26.2 Å². The van der Waals surface area contributed by atoms with E-state index < -0.39 is 0 Å². The number of aromatic nitrogens is 3. The summed E-state index contributed by atoms with van der Waals surface area (Å²) in [5.41, 5.74) is 1.52. The van der Waals surface area contributed by atoms with Gasteiger partial charge < -0.3 is 10.2 Å². The van der Waals surface area contributed by atoms with Crippen LogP contribution < -0.4 is 5.32 Å². The number of likely N-dealkylation sites (tertiary alicyclic amines) is 1. The van der Waals surface area contributed by atoms with E-state index in [1.807, 2.05) is 42.5 Å². The van der Waals surface area contributed by atoms with Gasteiger partial charge in [0.15, 0.2) is 5.69 Å². The van der Waals surface area contributed by atoms with Gasteiger partial charge in [-0.25, -0.2) is 4.68 Å². The predicted octanol–water partition coefficient (Wildman–Crippen LogP) is 3.23. The maximum atomic E-state index is 12.3. The van der Waals surface area contributed by atoms with Crippen LogP contribution in [0.5, 0.6) is 0 Å². The van der Waals surface area contributed by atoms with Crippen molar-refractivity contribution in [3.63, 3.8) is 0 Å². The fraction of sp³-hybridized carbons (Fsp3) is 0.500. The van der Waals surface area contributed by atoms with Gasteiger partial charge in [-0.1, -0.05) is 54.6 Å². The lowest BCUT2D eigenvalue weighted by Gasteiger charge is -2.31. The Balaban J connectivity index is 1.37. The third kappa shape index (κ3) is 6.30. The van der Waals surface area contributed by atoms with Crippen molar-refractivity contribution < 1.29 is 4.79 Å². The molecule has 1 aromatic heterocycles. The minimum Gasteiger partial charge on any atom is -0.351 e. The van der Waals surface area contributed by atoms with Gasteiger partial charge in [0.1, 0.15) is 0 Å². The molecule has 150 valence electrons. The first-order valence-electron chi connectivity index (χ1n) is 10.4. The summed E-state index contributed by atoms with van der Waals surface area (Å²) in [6, 6.07) is 10.1. The van der Waals surface area contributed by atoms with Crippen molar-refractivity contribution in [2.24, 2.45) is 5.92 Å². The Morgan fingerprint density at radius 1 is 1.25 bits per heavy atom. The Labute approximate surface area is 167 Å². The molecule has 1 aliphatic rings. The van der Waals surface area contributed by atoms with Gasteiger partial charge in [0.2, 0.25) is 0 Å². The fourth-order valence-electron chi connectivity index (χ4n) is 3.65. The van der Waals surface area contributed by atoms with Crippen LogP contribution in [0.25, 0.3) is 6.08 Å². The largest absolute Gasteiger partial charge is 0.351 e. The number of carbonyl (C=O) groups is 1. The maximum absolute atomic E-state index is 12.3. The number of carbonyl (C=O) groups excluding carboxylic acids is 1. The molecule has 6 nitrogen and oxygen atoms in total. The zero-order valence-corrected chi connectivity index (χ0v) is 16.8. The van der Waals surface area contributed by atoms with E-state index >= 15 is 0 Å². The Morgan fingerprint density at radius 2 is 2.04 bits per heavy atom. The van der Waals surface area contributed by atoms with Gasteiger partial charge >= 0.3 is 0 Å². The lowest BCUT2D eigenvalue weighted by molar-refractivity contribution is 0.0943. The summed E-state index contributed by atoms with van der Waals surface area (Å²) in [6.07, 6.45) is 10.5. The van der Waals surface area contributed by atoms with Crippen molar-refractivity contribution in [2.45, 2.75) is 39.2 Å². The second kappa shape index (κ2) is 10.8. The molecule has 2 heterocycles. The summed E-state index contributed by atoms with van der Waals surface area (Å²) >= 11 is 0. The first-order valence-corrected chi connectivity index (χ1v) is 10.4. The summed E-state index contributed by atoms with van der Waals surface area (Å²) in [6.45, 7) is 7.12. The van der Waals surface area contributed by atoms with Crippen LogP contribution in [-0.4, -0.2) is 52.0 Å². The van der Waals surface area contributed by atoms with Crippen molar-refractivity contribution in [3.05, 3.63) is 53.9 Å². The lowest BCUT2D eigenvalue weighted by atomic mass is 9.93. The molecule has 0 radical (unpaired) electrons. The summed E-state index contributed by atoms with van der Waals surface area (Å²) in [7, 11) is 0. The quantitative estimate of drug-likeness (QED) is 0.724. The molecule has 0 spiro atoms. The zero-order chi connectivity index (χ0) is 19.6. The molecule has 1 N–H and O–H groups in total. The van der Waals surface area contributed by atoms with Crippen molar-refractivity contribution >= 4 is 12.0 Å². The van der Waals surface area contributed by atoms with Crippen LogP contribution in [0.3, 0.4) is 0 Å². The number of nitrogens with zero attached hydrogens (tertiary/aromatic N) is 4. The highest BCUT2D eigenvalue weighted by molar-refractivity contribution is 5.91. The minimum absolute atomic E-state index is 0.137. The molecule has 28 heavy (non-hydrogen) atoms. The number of allylic oxidation sites excluding steroid dienone is 1. The van der Waals surface area contributed by atoms with Crippen molar-refractivity contribution in [3.8, 4) is 0 Å². The molecular weight excluding hydrogens is 350 g/mol. The molecule has 0 aliphatic carbocycles. The van der Waals surface area contributed by atoms with E-state index in [-0.39, 0.29) is 5.91 Å². The van der Waals surface area contributed by atoms with E-state index in [1.165, 1.54) is 38.9 Å². The van der Waals surface area contributed by atoms with Gasteiger partial charge in [0.25, 0.3) is 5.91 Å². The van der Waals surface area contributed by atoms with Crippen LogP contribution in [0.15, 0.2) is 42.6 Å². The third-order valence-electron chi connectivity index (χ3n) is 5.26. The highest BCUT2D eigenvalue weighted by Crippen LogP contribution is 2.20. The standard InChI is InChI=1S/C22H31N5O/c1-2-14-26-16-11-20(12-17-26)10-13-23-22(28)21-18-27(25-24-21)15-6-9-19-7-4-3-5-8-19/h3-9,18,20H,2,10-17H2,1H3,(H,23,28). The van der Waals surface area contributed by atoms with Gasteiger partial charge in [0, 0.05) is 6.54 Å². The number of nitrogens with one attached hydrogen (secondary N) is 1. The number of amides is 1. The van der Waals surface area contributed by atoms with Crippen LogP contribution in [0.1, 0.15) is 48.7 Å². The van der Waals surface area contributed by atoms with Crippen molar-refractivity contribution in [1.82, 2.24) is 25.2 Å². The molecular formula is C22H31N5O. The second-order valence-corrected chi connectivity index (χ2v) is 7.47. The van der Waals surface area contributed by atoms with Crippen LogP contribution in [0, 0.1) is 5.92 Å². The summed E-state index contributed by atoms with van der Waals surface area (Å²) in [4.78, 5) is 14.8. The summed E-state index contributed by atoms with van der Waals surface area (Å²) in [5, 5.41) is 11.0. The number of benzene rings is 1. The molecule has 1 aromatic carbocycles. The van der Waals surface area contributed by atoms with E-state index in [4.69, 9.17) is 0 Å². The van der Waals surface area contributed by atoms with E-state index in [0.29, 0.717) is 24.7 Å². The molecule has 0 unspecified atom stereocenters. The van der Waals surface area contributed by atoms with E-state index in [9.17, 15) is 4.79 Å². The lowest BCUT2D eigenvalue weighted by Crippen LogP contribution is -2.35. The Morgan fingerprint density at radius 3 is 2.79 bits per heavy atom. The Kier molecular flexibility index (Phi) is 7.79. The second-order valence-electron chi connectivity index (χ2n) is 7.47. The molecule has 0 saturated carbocycles. The normalized spacial score (nSPS) is 15.9. The van der Waals surface area contributed by atoms with Gasteiger partial charge in [-0.3, -0.25) is 4.79 Å². The number of piperidine rings is 1. The molecule has 0 atom stereocenters. The number of hydrogen-bond acceptors (Lipinski definition) is 4. The average molecular weight is 382 g/mol. The fourth-order valence-corrected chi connectivity index (χ4v) is 3.65. The molecule has 1 saturated heterocycles. The predicted molar refractivity (Wildman–Crippen MR) is 112 cm³/mol. The van der Waals surface area contributed by atoms with Gasteiger partial charge in [-0.15, -0.1) is 5.10 Å². The van der Waals surface area contributed by atoms with Crippen LogP contribution in [0.4, 0.5) is 0 Å².